The van der Waals surface area contributed by atoms with E-state index in [-0.39, 0.29) is 23.4 Å². The van der Waals surface area contributed by atoms with Crippen LogP contribution < -0.4 is 15.8 Å². The third kappa shape index (κ3) is 6.46. The van der Waals surface area contributed by atoms with Crippen LogP contribution >= 0.6 is 0 Å². The molecule has 3 aliphatic heterocycles. The second kappa shape index (κ2) is 15.0. The summed E-state index contributed by atoms with van der Waals surface area (Å²) in [5.74, 6) is -0.117. The molecule has 1 N–H and O–H groups in total. The number of halogens is 1. The van der Waals surface area contributed by atoms with Crippen LogP contribution in [0.15, 0.2) is 87.2 Å². The quantitative estimate of drug-likeness (QED) is 0.187. The second-order valence-electron chi connectivity index (χ2n) is 18.0. The molecule has 0 radical (unpaired) electrons. The summed E-state index contributed by atoms with van der Waals surface area (Å²) in [5, 5.41) is 10.1. The van der Waals surface area contributed by atoms with Gasteiger partial charge in [-0.25, -0.2) is 27.1 Å². The van der Waals surface area contributed by atoms with E-state index in [4.69, 9.17) is 14.4 Å². The molecule has 16 nitrogen and oxygen atoms in total. The van der Waals surface area contributed by atoms with Gasteiger partial charge in [-0.05, 0) is 124 Å². The Bertz CT molecular complexity index is 3290. The number of imidazole rings is 1. The molecule has 0 unspecified atom stereocenters. The first-order valence-electron chi connectivity index (χ1n) is 22.2. The molecule has 3 atom stereocenters. The Morgan fingerprint density at radius 2 is 1.66 bits per heavy atom. The van der Waals surface area contributed by atoms with E-state index in [9.17, 15) is 18.0 Å². The Hall–Kier alpha value is -6.53. The van der Waals surface area contributed by atoms with Crippen molar-refractivity contribution in [3.63, 3.8) is 0 Å². The van der Waals surface area contributed by atoms with Crippen LogP contribution in [0.1, 0.15) is 95.8 Å². The summed E-state index contributed by atoms with van der Waals surface area (Å²) >= 11 is 0. The molecule has 18 heteroatoms. The minimum Gasteiger partial charge on any atom is -0.381 e. The molecule has 65 heavy (non-hydrogen) atoms. The highest BCUT2D eigenvalue weighted by Crippen LogP contribution is 2.56. The maximum Gasteiger partial charge on any atom is 0.438 e. The normalized spacial score (nSPS) is 21.9. The van der Waals surface area contributed by atoms with Crippen molar-refractivity contribution < 1.29 is 26.9 Å². The van der Waals surface area contributed by atoms with Crippen LogP contribution in [0, 0.1) is 25.6 Å². The SMILES string of the molecule is Cc1cc(-n2nc3c(c2-n2ccn(-c4cccc(N5CCCS5(=O)=O)c4)c2=O)[C@H](C)N(C(=O)c2cc4cc(C5CCOCC5)ccc4n2[C@@]2(c4noc(=O)[nH]4)C[C@@H]2C)CC3)cc(C)c1F. The van der Waals surface area contributed by atoms with E-state index in [0.29, 0.717) is 108 Å². The number of nitrogens with zero attached hydrogens (tertiary/aromatic N) is 8. The standard InChI is InChI=1S/C47H48FN9O7S/c1-27-21-36(22-28(2)41(27)48)57-42(54-17-16-53(46(54)60)34-7-5-8-35(25-34)55-14-6-20-65(55,61)62)40-30(4)52(15-11-37(40)50-57)43(58)39-24-33-23-32(31-12-18-63-19-13-31)9-10-38(33)56(39)47(26-29(47)3)44-49-45(59)64-51-44/h5,7-10,16-17,21-25,29-31H,6,11-15,18-20,26H2,1-4H3,(H,49,51,59)/t29-,30-,47-/m0/s1. The number of aromatic nitrogens is 7. The zero-order valence-electron chi connectivity index (χ0n) is 36.5. The van der Waals surface area contributed by atoms with Gasteiger partial charge in [-0.3, -0.25) is 27.7 Å². The van der Waals surface area contributed by atoms with Crippen molar-refractivity contribution in [1.29, 1.82) is 0 Å². The Kier molecular flexibility index (Phi) is 9.52. The van der Waals surface area contributed by atoms with Gasteiger partial charge in [-0.15, -0.1) is 0 Å². The fourth-order valence-corrected chi connectivity index (χ4v) is 12.2. The van der Waals surface area contributed by atoms with Gasteiger partial charge in [0.2, 0.25) is 10.0 Å². The molecule has 2 saturated heterocycles. The minimum absolute atomic E-state index is 0.00904. The van der Waals surface area contributed by atoms with E-state index in [1.54, 1.807) is 72.2 Å². The van der Waals surface area contributed by atoms with Gasteiger partial charge in [0, 0.05) is 61.6 Å². The smallest absolute Gasteiger partial charge is 0.381 e. The Morgan fingerprint density at radius 3 is 2.35 bits per heavy atom. The maximum absolute atomic E-state index is 15.5. The number of benzene rings is 3. The van der Waals surface area contributed by atoms with Crippen molar-refractivity contribution in [3.05, 3.63) is 139 Å². The summed E-state index contributed by atoms with van der Waals surface area (Å²) in [4.78, 5) is 47.3. The first kappa shape index (κ1) is 41.2. The maximum atomic E-state index is 15.5. The number of hydrogen-bond donors (Lipinski definition) is 1. The Morgan fingerprint density at radius 1 is 0.923 bits per heavy atom. The number of fused-ring (bicyclic) bond motifs is 2. The van der Waals surface area contributed by atoms with Crippen molar-refractivity contribution >= 4 is 32.5 Å². The van der Waals surface area contributed by atoms with Crippen molar-refractivity contribution in [2.75, 3.05) is 36.4 Å². The largest absolute Gasteiger partial charge is 0.438 e. The first-order chi connectivity index (χ1) is 31.2. The average molecular weight is 902 g/mol. The highest BCUT2D eigenvalue weighted by atomic mass is 32.2. The summed E-state index contributed by atoms with van der Waals surface area (Å²) in [5.41, 5.74) is 4.78. The monoisotopic (exact) mass is 901 g/mol. The van der Waals surface area contributed by atoms with Crippen molar-refractivity contribution in [2.45, 2.75) is 77.3 Å². The van der Waals surface area contributed by atoms with Crippen molar-refractivity contribution in [3.8, 4) is 17.2 Å². The predicted molar refractivity (Wildman–Crippen MR) is 240 cm³/mol. The van der Waals surface area contributed by atoms with Gasteiger partial charge in [0.05, 0.1) is 34.6 Å². The molecule has 336 valence electrons. The van der Waals surface area contributed by atoms with Crippen LogP contribution in [0.5, 0.6) is 0 Å². The number of aryl methyl sites for hydroxylation is 2. The summed E-state index contributed by atoms with van der Waals surface area (Å²) in [7, 11) is -3.47. The fraction of sp³-hybridized carbons (Fsp3) is 0.383. The molecule has 3 fully saturated rings. The van der Waals surface area contributed by atoms with Crippen LogP contribution in [-0.4, -0.2) is 84.9 Å². The van der Waals surface area contributed by atoms with Gasteiger partial charge in [0.25, 0.3) is 5.91 Å². The van der Waals surface area contributed by atoms with E-state index in [0.717, 1.165) is 23.7 Å². The number of ether oxygens (including phenoxy) is 1. The van der Waals surface area contributed by atoms with Gasteiger partial charge in [-0.1, -0.05) is 24.2 Å². The Labute approximate surface area is 372 Å². The average Bonchev–Trinajstić information content (AvgIpc) is 3.92. The van der Waals surface area contributed by atoms with Crippen LogP contribution in [-0.2, 0) is 26.7 Å². The number of amides is 1. The van der Waals surface area contributed by atoms with Gasteiger partial charge >= 0.3 is 11.4 Å². The third-order valence-electron chi connectivity index (χ3n) is 14.1. The van der Waals surface area contributed by atoms with Gasteiger partial charge < -0.3 is 14.2 Å². The zero-order chi connectivity index (χ0) is 45.1. The number of hydrogen-bond acceptors (Lipinski definition) is 9. The predicted octanol–water partition coefficient (Wildman–Crippen LogP) is 6.18. The topological polar surface area (TPSA) is 175 Å². The third-order valence-corrected chi connectivity index (χ3v) is 16.0. The molecular formula is C47H48FN9O7S. The molecule has 0 spiro atoms. The molecule has 1 saturated carbocycles. The van der Waals surface area contributed by atoms with Gasteiger partial charge in [-0.2, -0.15) is 5.10 Å². The lowest BCUT2D eigenvalue weighted by molar-refractivity contribution is 0.0663. The zero-order valence-corrected chi connectivity index (χ0v) is 37.3. The molecule has 7 aromatic rings. The summed E-state index contributed by atoms with van der Waals surface area (Å²) in [6.45, 7) is 9.40. The van der Waals surface area contributed by atoms with Crippen LogP contribution in [0.4, 0.5) is 10.1 Å². The van der Waals surface area contributed by atoms with Gasteiger partial charge in [0.1, 0.15) is 22.9 Å². The molecule has 0 bridgehead atoms. The van der Waals surface area contributed by atoms with E-state index in [1.807, 2.05) is 17.6 Å². The number of aromatic amines is 1. The highest BCUT2D eigenvalue weighted by molar-refractivity contribution is 7.93. The molecule has 4 aromatic heterocycles. The second-order valence-corrected chi connectivity index (χ2v) is 20.1. The minimum atomic E-state index is -3.47. The van der Waals surface area contributed by atoms with E-state index in [1.165, 1.54) is 19.0 Å². The van der Waals surface area contributed by atoms with E-state index < -0.39 is 33.0 Å². The van der Waals surface area contributed by atoms with Crippen LogP contribution in [0.25, 0.3) is 28.1 Å². The summed E-state index contributed by atoms with van der Waals surface area (Å²) in [6, 6.07) is 17.9. The molecule has 1 amide bonds. The number of carbonyl (C=O) groups is 1. The number of carbonyl (C=O) groups excluding carboxylic acids is 1. The lowest BCUT2D eigenvalue weighted by Crippen LogP contribution is -2.41. The van der Waals surface area contributed by atoms with Crippen LogP contribution in [0.3, 0.4) is 0 Å². The number of H-pyrrole nitrogens is 1. The van der Waals surface area contributed by atoms with E-state index in [2.05, 4.69) is 35.3 Å². The molecule has 11 rings (SSSR count). The number of rotatable bonds is 8. The molecule has 1 aliphatic carbocycles. The highest BCUT2D eigenvalue weighted by Gasteiger charge is 2.59. The summed E-state index contributed by atoms with van der Waals surface area (Å²) in [6.07, 6.45) is 6.56. The molecule has 4 aliphatic rings. The lowest BCUT2D eigenvalue weighted by Gasteiger charge is -2.34. The molecule has 7 heterocycles. The fourth-order valence-electron chi connectivity index (χ4n) is 10.7. The summed E-state index contributed by atoms with van der Waals surface area (Å²) < 4.78 is 59.5. The number of nitrogens with one attached hydrogen (secondary N) is 1. The Balaban J connectivity index is 1.04. The van der Waals surface area contributed by atoms with Gasteiger partial charge in [0.15, 0.2) is 5.82 Å². The number of anilines is 1. The van der Waals surface area contributed by atoms with Crippen molar-refractivity contribution in [2.24, 2.45) is 5.92 Å². The first-order valence-corrected chi connectivity index (χ1v) is 23.8. The molecular weight excluding hydrogens is 854 g/mol. The number of sulfonamides is 1. The van der Waals surface area contributed by atoms with E-state index >= 15 is 9.18 Å². The lowest BCUT2D eigenvalue weighted by atomic mass is 9.91. The van der Waals surface area contributed by atoms with Crippen molar-refractivity contribution in [1.82, 2.24) is 38.5 Å². The molecule has 3 aromatic carbocycles. The van der Waals surface area contributed by atoms with Crippen LogP contribution in [0.2, 0.25) is 0 Å².